The summed E-state index contributed by atoms with van der Waals surface area (Å²) in [7, 11) is 0. The molecule has 4 heterocycles. The van der Waals surface area contributed by atoms with E-state index >= 15 is 0 Å². The average Bonchev–Trinajstić information content (AvgIpc) is 3.38. The topological polar surface area (TPSA) is 117 Å². The van der Waals surface area contributed by atoms with Crippen molar-refractivity contribution >= 4 is 46.3 Å². The zero-order valence-electron chi connectivity index (χ0n) is 23.3. The highest BCUT2D eigenvalue weighted by Gasteiger charge is 2.54. The molecule has 0 saturated carbocycles. The normalized spacial score (nSPS) is 23.7. The molecule has 0 aromatic carbocycles. The number of carbonyl (C=O) groups is 4. The minimum Gasteiger partial charge on any atom is -0.463 e. The number of cyclic esters (lactones) is 1. The molecule has 1 spiro atoms. The zero-order chi connectivity index (χ0) is 28.2. The molecule has 0 aliphatic carbocycles. The standard InChI is InChI=1S/C28H40N4O6S/c1-5-29-26(36)30-23-21(16-20(39-23)8-9-22(33)37-6-2)24(34)31-14-10-19(11-15-31)32-13-7-12-28(18-32)17-27(3,4)38-25(28)35/h8-9,16,19H,5-7,10-15,17-18H2,1-4H3,(H2,29,30,36). The van der Waals surface area contributed by atoms with Gasteiger partial charge in [-0.25, -0.2) is 9.59 Å². The molecule has 3 aliphatic heterocycles. The molecular weight excluding hydrogens is 520 g/mol. The van der Waals surface area contributed by atoms with Gasteiger partial charge in [-0.05, 0) is 72.1 Å². The van der Waals surface area contributed by atoms with E-state index < -0.39 is 17.0 Å². The molecule has 1 aromatic heterocycles. The lowest BCUT2D eigenvalue weighted by Gasteiger charge is -2.44. The van der Waals surface area contributed by atoms with Crippen LogP contribution in [0, 0.1) is 5.41 Å². The van der Waals surface area contributed by atoms with Crippen molar-refractivity contribution in [1.29, 1.82) is 0 Å². The Morgan fingerprint density at radius 2 is 1.95 bits per heavy atom. The molecule has 2 N–H and O–H groups in total. The Morgan fingerprint density at radius 1 is 1.21 bits per heavy atom. The summed E-state index contributed by atoms with van der Waals surface area (Å²) in [4.78, 5) is 55.3. The molecule has 39 heavy (non-hydrogen) atoms. The van der Waals surface area contributed by atoms with Crippen molar-refractivity contribution in [3.63, 3.8) is 0 Å². The number of amides is 3. The van der Waals surface area contributed by atoms with E-state index in [1.54, 1.807) is 19.1 Å². The monoisotopic (exact) mass is 560 g/mol. The fourth-order valence-electron chi connectivity index (χ4n) is 6.07. The lowest BCUT2D eigenvalue weighted by atomic mass is 9.74. The number of esters is 2. The Morgan fingerprint density at radius 3 is 2.59 bits per heavy atom. The van der Waals surface area contributed by atoms with E-state index in [9.17, 15) is 19.2 Å². The molecule has 1 atom stereocenters. The average molecular weight is 561 g/mol. The SMILES string of the molecule is CCNC(=O)Nc1sc(C=CC(=O)OCC)cc1C(=O)N1CCC(N2CCCC3(C2)CC(C)(C)OC3=O)CC1. The lowest BCUT2D eigenvalue weighted by molar-refractivity contribution is -0.154. The highest BCUT2D eigenvalue weighted by molar-refractivity contribution is 7.17. The van der Waals surface area contributed by atoms with E-state index in [2.05, 4.69) is 15.5 Å². The molecule has 11 heteroatoms. The summed E-state index contributed by atoms with van der Waals surface area (Å²) < 4.78 is 10.6. The summed E-state index contributed by atoms with van der Waals surface area (Å²) in [6.45, 7) is 11.1. The maximum atomic E-state index is 13.6. The number of likely N-dealkylation sites (tertiary alicyclic amines) is 2. The fraction of sp³-hybridized carbons (Fsp3) is 0.643. The van der Waals surface area contributed by atoms with Gasteiger partial charge in [0.1, 0.15) is 10.6 Å². The van der Waals surface area contributed by atoms with Gasteiger partial charge >= 0.3 is 18.0 Å². The number of hydrogen-bond acceptors (Lipinski definition) is 8. The molecule has 4 rings (SSSR count). The second-order valence-corrected chi connectivity index (χ2v) is 12.2. The van der Waals surface area contributed by atoms with E-state index in [1.807, 2.05) is 25.7 Å². The largest absolute Gasteiger partial charge is 0.463 e. The molecule has 1 aromatic rings. The molecular formula is C28H40N4O6S. The number of anilines is 1. The summed E-state index contributed by atoms with van der Waals surface area (Å²) in [6.07, 6.45) is 7.14. The summed E-state index contributed by atoms with van der Waals surface area (Å²) in [5.74, 6) is -0.682. The predicted molar refractivity (Wildman–Crippen MR) is 150 cm³/mol. The molecule has 0 radical (unpaired) electrons. The third-order valence-electron chi connectivity index (χ3n) is 7.66. The van der Waals surface area contributed by atoms with Crippen LogP contribution < -0.4 is 10.6 Å². The van der Waals surface area contributed by atoms with Crippen molar-refractivity contribution < 1.29 is 28.7 Å². The van der Waals surface area contributed by atoms with Gasteiger partial charge in [-0.15, -0.1) is 11.3 Å². The molecule has 3 fully saturated rings. The first-order chi connectivity index (χ1) is 18.6. The van der Waals surface area contributed by atoms with E-state index in [0.29, 0.717) is 41.1 Å². The van der Waals surface area contributed by atoms with Crippen molar-refractivity contribution in [1.82, 2.24) is 15.1 Å². The van der Waals surface area contributed by atoms with Gasteiger partial charge in [0.25, 0.3) is 5.91 Å². The van der Waals surface area contributed by atoms with Gasteiger partial charge < -0.3 is 19.7 Å². The minimum absolute atomic E-state index is 0.0674. The third-order valence-corrected chi connectivity index (χ3v) is 8.67. The van der Waals surface area contributed by atoms with Crippen LogP contribution in [0.15, 0.2) is 12.1 Å². The number of nitrogens with zero attached hydrogens (tertiary/aromatic N) is 2. The molecule has 1 unspecified atom stereocenters. The second kappa shape index (κ2) is 12.1. The quantitative estimate of drug-likeness (QED) is 0.384. The highest BCUT2D eigenvalue weighted by atomic mass is 32.1. The number of ether oxygens (including phenoxy) is 2. The van der Waals surface area contributed by atoms with Crippen LogP contribution in [0.1, 0.15) is 75.0 Å². The Bertz CT molecular complexity index is 1120. The number of piperidine rings is 2. The van der Waals surface area contributed by atoms with Crippen LogP contribution in [0.5, 0.6) is 0 Å². The molecule has 3 aliphatic rings. The zero-order valence-corrected chi connectivity index (χ0v) is 24.2. The Hall–Kier alpha value is -2.92. The van der Waals surface area contributed by atoms with Crippen LogP contribution in [0.4, 0.5) is 9.80 Å². The summed E-state index contributed by atoms with van der Waals surface area (Å²) >= 11 is 1.23. The van der Waals surface area contributed by atoms with Crippen molar-refractivity contribution in [3.05, 3.63) is 22.6 Å². The Labute approximate surface area is 234 Å². The number of rotatable bonds is 7. The second-order valence-electron chi connectivity index (χ2n) is 11.2. The van der Waals surface area contributed by atoms with E-state index in [1.165, 1.54) is 17.4 Å². The maximum absolute atomic E-state index is 13.6. The van der Waals surface area contributed by atoms with Crippen LogP contribution in [0.25, 0.3) is 6.08 Å². The molecule has 214 valence electrons. The number of hydrogen-bond donors (Lipinski definition) is 2. The lowest BCUT2D eigenvalue weighted by Crippen LogP contribution is -2.53. The van der Waals surface area contributed by atoms with Gasteiger partial charge in [0.05, 0.1) is 17.6 Å². The van der Waals surface area contributed by atoms with Crippen molar-refractivity contribution in [2.75, 3.05) is 44.6 Å². The van der Waals surface area contributed by atoms with E-state index in [0.717, 1.165) is 45.2 Å². The van der Waals surface area contributed by atoms with Gasteiger partial charge in [-0.2, -0.15) is 0 Å². The first-order valence-electron chi connectivity index (χ1n) is 13.9. The number of urea groups is 1. The minimum atomic E-state index is -0.465. The van der Waals surface area contributed by atoms with Crippen LogP contribution in [0.3, 0.4) is 0 Å². The van der Waals surface area contributed by atoms with Crippen molar-refractivity contribution in [2.24, 2.45) is 5.41 Å². The molecule has 0 bridgehead atoms. The summed E-state index contributed by atoms with van der Waals surface area (Å²) in [5, 5.41) is 5.91. The van der Waals surface area contributed by atoms with Gasteiger partial charge in [-0.3, -0.25) is 19.8 Å². The first kappa shape index (κ1) is 29.1. The number of carbonyl (C=O) groups excluding carboxylic acids is 4. The molecule has 3 saturated heterocycles. The van der Waals surface area contributed by atoms with E-state index in [-0.39, 0.29) is 24.5 Å². The van der Waals surface area contributed by atoms with Crippen molar-refractivity contribution in [2.45, 2.75) is 71.4 Å². The maximum Gasteiger partial charge on any atom is 0.330 e. The summed E-state index contributed by atoms with van der Waals surface area (Å²) in [5.41, 5.74) is -0.431. The third kappa shape index (κ3) is 6.81. The Balaban J connectivity index is 1.42. The summed E-state index contributed by atoms with van der Waals surface area (Å²) in [6, 6.07) is 1.62. The van der Waals surface area contributed by atoms with Crippen molar-refractivity contribution in [3.8, 4) is 0 Å². The molecule has 3 amide bonds. The fourth-order valence-corrected chi connectivity index (χ4v) is 7.02. The highest BCUT2D eigenvalue weighted by Crippen LogP contribution is 2.46. The van der Waals surface area contributed by atoms with Gasteiger partial charge in [0.15, 0.2) is 0 Å². The first-order valence-corrected chi connectivity index (χ1v) is 14.7. The smallest absolute Gasteiger partial charge is 0.330 e. The van der Waals surface area contributed by atoms with Crippen LogP contribution in [0.2, 0.25) is 0 Å². The Kier molecular flexibility index (Phi) is 9.00. The van der Waals surface area contributed by atoms with Gasteiger partial charge in [-0.1, -0.05) is 0 Å². The predicted octanol–water partition coefficient (Wildman–Crippen LogP) is 3.88. The molecule has 10 nitrogen and oxygen atoms in total. The van der Waals surface area contributed by atoms with Gasteiger partial charge in [0, 0.05) is 49.6 Å². The van der Waals surface area contributed by atoms with Crippen LogP contribution in [-0.4, -0.2) is 84.7 Å². The number of nitrogens with one attached hydrogen (secondary N) is 2. The van der Waals surface area contributed by atoms with Gasteiger partial charge in [0.2, 0.25) is 0 Å². The van der Waals surface area contributed by atoms with Crippen LogP contribution in [-0.2, 0) is 19.1 Å². The van der Waals surface area contributed by atoms with Crippen LogP contribution >= 0.6 is 11.3 Å². The van der Waals surface area contributed by atoms with E-state index in [4.69, 9.17) is 9.47 Å². The number of thiophene rings is 1.